The van der Waals surface area contributed by atoms with Gasteiger partial charge in [-0.1, -0.05) is 117 Å². The Morgan fingerprint density at radius 2 is 0.962 bits per heavy atom. The Kier molecular flexibility index (Phi) is 21.7. The molecule has 156 valence electrons. The summed E-state index contributed by atoms with van der Waals surface area (Å²) >= 11 is 0. The van der Waals surface area contributed by atoms with E-state index in [2.05, 4.69) is 19.2 Å². The zero-order valence-electron chi connectivity index (χ0n) is 18.0. The molecule has 3 heteroatoms. The summed E-state index contributed by atoms with van der Waals surface area (Å²) in [6.07, 6.45) is 23.7. The molecule has 0 fully saturated rings. The van der Waals surface area contributed by atoms with Crippen LogP contribution in [0.1, 0.15) is 129 Å². The van der Waals surface area contributed by atoms with Gasteiger partial charge in [0.25, 0.3) is 0 Å². The Morgan fingerprint density at radius 3 is 1.38 bits per heavy atom. The summed E-state index contributed by atoms with van der Waals surface area (Å²) in [6.45, 7) is 5.69. The van der Waals surface area contributed by atoms with Crippen LogP contribution in [-0.4, -0.2) is 19.2 Å². The molecule has 0 radical (unpaired) electrons. The van der Waals surface area contributed by atoms with Crippen LogP contribution in [0, 0.1) is 0 Å². The number of carbonyl (C=O) groups is 1. The molecule has 0 aliphatic rings. The minimum atomic E-state index is -0.251. The summed E-state index contributed by atoms with van der Waals surface area (Å²) in [5.74, 6) is 0. The first-order valence-corrected chi connectivity index (χ1v) is 11.7. The SMILES string of the molecule is CCCCCCCCCCCCCCCCCCOC(=O)NCCCC. The fourth-order valence-corrected chi connectivity index (χ4v) is 3.23. The van der Waals surface area contributed by atoms with Crippen LogP contribution in [0.25, 0.3) is 0 Å². The predicted octanol–water partition coefficient (Wildman–Crippen LogP) is 7.77. The van der Waals surface area contributed by atoms with Gasteiger partial charge in [-0.05, 0) is 12.8 Å². The van der Waals surface area contributed by atoms with Crippen molar-refractivity contribution >= 4 is 6.09 Å². The smallest absolute Gasteiger partial charge is 0.407 e. The van der Waals surface area contributed by atoms with E-state index in [0.717, 1.165) is 25.8 Å². The standard InChI is InChI=1S/C23H47NO2/c1-3-5-7-8-9-10-11-12-13-14-15-16-17-18-19-20-22-26-23(25)24-21-6-4-2/h3-22H2,1-2H3,(H,24,25). The molecule has 1 amide bonds. The molecule has 0 aromatic carbocycles. The Bertz CT molecular complexity index is 281. The minimum Gasteiger partial charge on any atom is -0.450 e. The topological polar surface area (TPSA) is 38.3 Å². The lowest BCUT2D eigenvalue weighted by Gasteiger charge is -2.06. The van der Waals surface area contributed by atoms with Crippen LogP contribution >= 0.6 is 0 Å². The molecule has 0 spiro atoms. The summed E-state index contributed by atoms with van der Waals surface area (Å²) in [6, 6.07) is 0. The fourth-order valence-electron chi connectivity index (χ4n) is 3.23. The molecule has 0 heterocycles. The molecule has 0 unspecified atom stereocenters. The van der Waals surface area contributed by atoms with E-state index in [1.54, 1.807) is 0 Å². The minimum absolute atomic E-state index is 0.251. The predicted molar refractivity (Wildman–Crippen MR) is 114 cm³/mol. The van der Waals surface area contributed by atoms with Crippen molar-refractivity contribution in [1.82, 2.24) is 5.32 Å². The molecule has 0 saturated heterocycles. The molecule has 3 nitrogen and oxygen atoms in total. The van der Waals surface area contributed by atoms with Gasteiger partial charge in [0.15, 0.2) is 0 Å². The number of amides is 1. The van der Waals surface area contributed by atoms with E-state index in [1.807, 2.05) is 0 Å². The Morgan fingerprint density at radius 1 is 0.577 bits per heavy atom. The van der Waals surface area contributed by atoms with Gasteiger partial charge >= 0.3 is 6.09 Å². The highest BCUT2D eigenvalue weighted by Gasteiger charge is 2.00. The van der Waals surface area contributed by atoms with Gasteiger partial charge in [-0.15, -0.1) is 0 Å². The molecule has 0 bridgehead atoms. The molecule has 1 N–H and O–H groups in total. The third-order valence-electron chi connectivity index (χ3n) is 5.03. The normalized spacial score (nSPS) is 10.8. The van der Waals surface area contributed by atoms with Gasteiger partial charge in [-0.25, -0.2) is 4.79 Å². The van der Waals surface area contributed by atoms with Crippen molar-refractivity contribution in [2.45, 2.75) is 129 Å². The average Bonchev–Trinajstić information content (AvgIpc) is 2.64. The van der Waals surface area contributed by atoms with E-state index in [9.17, 15) is 4.79 Å². The van der Waals surface area contributed by atoms with Crippen LogP contribution in [0.3, 0.4) is 0 Å². The van der Waals surface area contributed by atoms with Crippen LogP contribution in [0.15, 0.2) is 0 Å². The summed E-state index contributed by atoms with van der Waals surface area (Å²) in [5.41, 5.74) is 0. The maximum atomic E-state index is 11.3. The third kappa shape index (κ3) is 21.3. The Hall–Kier alpha value is -0.730. The number of rotatable bonds is 20. The maximum absolute atomic E-state index is 11.3. The number of ether oxygens (including phenoxy) is 1. The quantitative estimate of drug-likeness (QED) is 0.222. The van der Waals surface area contributed by atoms with Crippen LogP contribution in [0.5, 0.6) is 0 Å². The average molecular weight is 370 g/mol. The number of carbonyl (C=O) groups excluding carboxylic acids is 1. The van der Waals surface area contributed by atoms with Crippen LogP contribution in [0.4, 0.5) is 4.79 Å². The van der Waals surface area contributed by atoms with Gasteiger partial charge in [-0.3, -0.25) is 0 Å². The van der Waals surface area contributed by atoms with Gasteiger partial charge in [0.2, 0.25) is 0 Å². The van der Waals surface area contributed by atoms with E-state index >= 15 is 0 Å². The second kappa shape index (κ2) is 22.3. The van der Waals surface area contributed by atoms with E-state index < -0.39 is 0 Å². The largest absolute Gasteiger partial charge is 0.450 e. The van der Waals surface area contributed by atoms with Crippen molar-refractivity contribution in [2.75, 3.05) is 13.2 Å². The summed E-state index contributed by atoms with van der Waals surface area (Å²) in [4.78, 5) is 11.3. The van der Waals surface area contributed by atoms with E-state index in [1.165, 1.54) is 96.3 Å². The van der Waals surface area contributed by atoms with Crippen molar-refractivity contribution in [1.29, 1.82) is 0 Å². The van der Waals surface area contributed by atoms with E-state index in [4.69, 9.17) is 4.74 Å². The number of hydrogen-bond donors (Lipinski definition) is 1. The van der Waals surface area contributed by atoms with Crippen LogP contribution in [0.2, 0.25) is 0 Å². The van der Waals surface area contributed by atoms with Gasteiger partial charge in [0, 0.05) is 6.54 Å². The lowest BCUT2D eigenvalue weighted by molar-refractivity contribution is 0.143. The number of unbranched alkanes of at least 4 members (excludes halogenated alkanes) is 16. The first kappa shape index (κ1) is 25.3. The lowest BCUT2D eigenvalue weighted by atomic mass is 10.0. The molecule has 0 aliphatic heterocycles. The van der Waals surface area contributed by atoms with E-state index in [0.29, 0.717) is 6.61 Å². The molecular weight excluding hydrogens is 322 g/mol. The monoisotopic (exact) mass is 369 g/mol. The van der Waals surface area contributed by atoms with Gasteiger partial charge in [-0.2, -0.15) is 0 Å². The number of hydrogen-bond acceptors (Lipinski definition) is 2. The number of nitrogens with one attached hydrogen (secondary N) is 1. The van der Waals surface area contributed by atoms with Gasteiger partial charge in [0.05, 0.1) is 6.61 Å². The zero-order chi connectivity index (χ0) is 19.1. The van der Waals surface area contributed by atoms with Crippen molar-refractivity contribution in [2.24, 2.45) is 0 Å². The molecule has 26 heavy (non-hydrogen) atoms. The van der Waals surface area contributed by atoms with Crippen molar-refractivity contribution < 1.29 is 9.53 Å². The first-order chi connectivity index (χ1) is 12.8. The molecule has 0 aliphatic carbocycles. The Labute approximate surface area is 164 Å². The molecule has 0 aromatic heterocycles. The fraction of sp³-hybridized carbons (Fsp3) is 0.957. The van der Waals surface area contributed by atoms with Crippen LogP contribution in [-0.2, 0) is 4.74 Å². The highest BCUT2D eigenvalue weighted by Crippen LogP contribution is 2.13. The Balaban J connectivity index is 3.06. The molecule has 0 saturated carbocycles. The van der Waals surface area contributed by atoms with Crippen molar-refractivity contribution in [3.05, 3.63) is 0 Å². The summed E-state index contributed by atoms with van der Waals surface area (Å²) in [7, 11) is 0. The first-order valence-electron chi connectivity index (χ1n) is 11.7. The lowest BCUT2D eigenvalue weighted by Crippen LogP contribution is -2.25. The molecule has 0 aromatic rings. The maximum Gasteiger partial charge on any atom is 0.407 e. The molecular formula is C23H47NO2. The third-order valence-corrected chi connectivity index (χ3v) is 5.03. The zero-order valence-corrected chi connectivity index (χ0v) is 18.0. The molecule has 0 atom stereocenters. The van der Waals surface area contributed by atoms with E-state index in [-0.39, 0.29) is 6.09 Å². The summed E-state index contributed by atoms with van der Waals surface area (Å²) < 4.78 is 5.16. The highest BCUT2D eigenvalue weighted by molar-refractivity contribution is 5.66. The van der Waals surface area contributed by atoms with Gasteiger partial charge in [0.1, 0.15) is 0 Å². The number of alkyl carbamates (subject to hydrolysis) is 1. The van der Waals surface area contributed by atoms with Gasteiger partial charge < -0.3 is 10.1 Å². The van der Waals surface area contributed by atoms with Crippen LogP contribution < -0.4 is 5.32 Å². The molecule has 0 rings (SSSR count). The van der Waals surface area contributed by atoms with Crippen molar-refractivity contribution in [3.63, 3.8) is 0 Å². The second-order valence-electron chi connectivity index (χ2n) is 7.72. The van der Waals surface area contributed by atoms with Crippen molar-refractivity contribution in [3.8, 4) is 0 Å². The summed E-state index contributed by atoms with van der Waals surface area (Å²) in [5, 5.41) is 2.78. The highest BCUT2D eigenvalue weighted by atomic mass is 16.5. The second-order valence-corrected chi connectivity index (χ2v) is 7.72.